The first-order valence-corrected chi connectivity index (χ1v) is 4.04. The predicted octanol–water partition coefficient (Wildman–Crippen LogP) is 3.00. The van der Waals surface area contributed by atoms with Crippen molar-refractivity contribution in [1.29, 1.82) is 0 Å². The van der Waals surface area contributed by atoms with Gasteiger partial charge in [0.15, 0.2) is 0 Å². The van der Waals surface area contributed by atoms with Crippen molar-refractivity contribution >= 4 is 6.08 Å². The second-order valence-corrected chi connectivity index (χ2v) is 2.54. The average molecular weight is 176 g/mol. The summed E-state index contributed by atoms with van der Waals surface area (Å²) in [6.07, 6.45) is 6.83. The van der Waals surface area contributed by atoms with Gasteiger partial charge in [-0.2, -0.15) is 0 Å². The molecule has 0 fully saturated rings. The van der Waals surface area contributed by atoms with Gasteiger partial charge in [-0.25, -0.2) is 0 Å². The second-order valence-electron chi connectivity index (χ2n) is 2.54. The number of rotatable bonds is 4. The SMILES string of the molecule is C=C=COC(C)/C=C/c1ccco1. The molecule has 2 nitrogen and oxygen atoms in total. The van der Waals surface area contributed by atoms with E-state index in [0.29, 0.717) is 0 Å². The molecule has 0 N–H and O–H groups in total. The number of ether oxygens (including phenoxy) is 1. The first kappa shape index (κ1) is 9.43. The van der Waals surface area contributed by atoms with Crippen LogP contribution in [0.3, 0.4) is 0 Å². The summed E-state index contributed by atoms with van der Waals surface area (Å²) in [5, 5.41) is 0. The molecule has 0 aliphatic heterocycles. The van der Waals surface area contributed by atoms with Crippen LogP contribution in [0.2, 0.25) is 0 Å². The molecule has 1 aromatic rings. The molecule has 0 bridgehead atoms. The van der Waals surface area contributed by atoms with Gasteiger partial charge in [0.2, 0.25) is 0 Å². The lowest BCUT2D eigenvalue weighted by Crippen LogP contribution is -1.97. The van der Waals surface area contributed by atoms with Gasteiger partial charge in [-0.15, -0.1) is 0 Å². The summed E-state index contributed by atoms with van der Waals surface area (Å²) in [5.74, 6) is 0.818. The van der Waals surface area contributed by atoms with Gasteiger partial charge in [0.1, 0.15) is 18.1 Å². The molecule has 1 atom stereocenters. The third-order valence-electron chi connectivity index (χ3n) is 1.44. The smallest absolute Gasteiger partial charge is 0.126 e. The monoisotopic (exact) mass is 176 g/mol. The molecule has 0 amide bonds. The molecule has 0 aliphatic rings. The van der Waals surface area contributed by atoms with Crippen molar-refractivity contribution in [3.63, 3.8) is 0 Å². The van der Waals surface area contributed by atoms with Crippen LogP contribution in [0.25, 0.3) is 6.08 Å². The van der Waals surface area contributed by atoms with Gasteiger partial charge in [-0.1, -0.05) is 12.3 Å². The van der Waals surface area contributed by atoms with Crippen LogP contribution in [0.5, 0.6) is 0 Å². The molecule has 2 heteroatoms. The molecule has 13 heavy (non-hydrogen) atoms. The van der Waals surface area contributed by atoms with Crippen LogP contribution in [-0.4, -0.2) is 6.10 Å². The van der Waals surface area contributed by atoms with Gasteiger partial charge in [-0.3, -0.25) is 0 Å². The highest BCUT2D eigenvalue weighted by atomic mass is 16.5. The lowest BCUT2D eigenvalue weighted by molar-refractivity contribution is 0.205. The molecular weight excluding hydrogens is 164 g/mol. The maximum Gasteiger partial charge on any atom is 0.126 e. The number of hydrogen-bond acceptors (Lipinski definition) is 2. The molecule has 1 aromatic heterocycles. The van der Waals surface area contributed by atoms with E-state index < -0.39 is 0 Å². The Labute approximate surface area is 77.8 Å². The van der Waals surface area contributed by atoms with E-state index in [1.807, 2.05) is 31.2 Å². The van der Waals surface area contributed by atoms with Crippen molar-refractivity contribution < 1.29 is 9.15 Å². The number of hydrogen-bond donors (Lipinski definition) is 0. The fraction of sp³-hybridized carbons (Fsp3) is 0.182. The summed E-state index contributed by atoms with van der Waals surface area (Å²) >= 11 is 0. The van der Waals surface area contributed by atoms with E-state index in [1.165, 1.54) is 6.26 Å². The Kier molecular flexibility index (Phi) is 3.68. The Morgan fingerprint density at radius 3 is 3.15 bits per heavy atom. The molecule has 0 aliphatic carbocycles. The van der Waals surface area contributed by atoms with E-state index in [9.17, 15) is 0 Å². The Bertz CT molecular complexity index is 303. The molecule has 0 spiro atoms. The fourth-order valence-corrected chi connectivity index (χ4v) is 0.817. The van der Waals surface area contributed by atoms with Crippen LogP contribution in [0.4, 0.5) is 0 Å². The maximum absolute atomic E-state index is 5.16. The molecule has 0 aromatic carbocycles. The molecular formula is C11H12O2. The number of furan rings is 1. The van der Waals surface area contributed by atoms with Gasteiger partial charge in [0, 0.05) is 0 Å². The predicted molar refractivity (Wildman–Crippen MR) is 52.0 cm³/mol. The minimum atomic E-state index is -0.000602. The van der Waals surface area contributed by atoms with Gasteiger partial charge < -0.3 is 9.15 Å². The third kappa shape index (κ3) is 3.50. The highest BCUT2D eigenvalue weighted by Crippen LogP contribution is 2.04. The first-order valence-electron chi connectivity index (χ1n) is 4.04. The van der Waals surface area contributed by atoms with E-state index in [4.69, 9.17) is 9.15 Å². The molecule has 1 heterocycles. The van der Waals surface area contributed by atoms with E-state index >= 15 is 0 Å². The van der Waals surface area contributed by atoms with E-state index in [1.54, 1.807) is 6.26 Å². The fourth-order valence-electron chi connectivity index (χ4n) is 0.817. The van der Waals surface area contributed by atoms with Crippen LogP contribution in [-0.2, 0) is 4.74 Å². The summed E-state index contributed by atoms with van der Waals surface area (Å²) in [4.78, 5) is 0. The van der Waals surface area contributed by atoms with Crippen molar-refractivity contribution in [3.05, 3.63) is 48.8 Å². The minimum Gasteiger partial charge on any atom is -0.486 e. The minimum absolute atomic E-state index is 0.000602. The van der Waals surface area contributed by atoms with Crippen LogP contribution in [0, 0.1) is 0 Å². The quantitative estimate of drug-likeness (QED) is 0.519. The van der Waals surface area contributed by atoms with Gasteiger partial charge >= 0.3 is 0 Å². The largest absolute Gasteiger partial charge is 0.486 e. The summed E-state index contributed by atoms with van der Waals surface area (Å²) in [6.45, 7) is 5.32. The van der Waals surface area contributed by atoms with Gasteiger partial charge in [-0.05, 0) is 31.2 Å². The van der Waals surface area contributed by atoms with Crippen molar-refractivity contribution in [1.82, 2.24) is 0 Å². The highest BCUT2D eigenvalue weighted by Gasteiger charge is 1.93. The molecule has 0 radical (unpaired) electrons. The molecule has 68 valence electrons. The maximum atomic E-state index is 5.16. The Morgan fingerprint density at radius 1 is 1.69 bits per heavy atom. The topological polar surface area (TPSA) is 22.4 Å². The van der Waals surface area contributed by atoms with Crippen molar-refractivity contribution in [3.8, 4) is 0 Å². The zero-order valence-corrected chi connectivity index (χ0v) is 7.57. The van der Waals surface area contributed by atoms with E-state index in [0.717, 1.165) is 5.76 Å². The lowest BCUT2D eigenvalue weighted by Gasteiger charge is -2.02. The molecule has 0 saturated heterocycles. The highest BCUT2D eigenvalue weighted by molar-refractivity contribution is 5.42. The average Bonchev–Trinajstić information content (AvgIpc) is 2.64. The Balaban J connectivity index is 2.43. The summed E-state index contributed by atoms with van der Waals surface area (Å²) < 4.78 is 10.3. The zero-order valence-electron chi connectivity index (χ0n) is 7.57. The van der Waals surface area contributed by atoms with Crippen LogP contribution < -0.4 is 0 Å². The Hall–Kier alpha value is -1.66. The third-order valence-corrected chi connectivity index (χ3v) is 1.44. The van der Waals surface area contributed by atoms with E-state index in [-0.39, 0.29) is 6.10 Å². The van der Waals surface area contributed by atoms with Crippen molar-refractivity contribution in [2.75, 3.05) is 0 Å². The lowest BCUT2D eigenvalue weighted by atomic mass is 10.3. The zero-order chi connectivity index (χ0) is 9.52. The first-order chi connectivity index (χ1) is 6.33. The summed E-state index contributed by atoms with van der Waals surface area (Å²) in [7, 11) is 0. The standard InChI is InChI=1S/C11H12O2/c1-3-8-12-10(2)6-7-11-5-4-9-13-11/h4-10H,1H2,2H3/b7-6+. The molecule has 0 saturated carbocycles. The van der Waals surface area contributed by atoms with Crippen LogP contribution in [0.15, 0.2) is 47.5 Å². The van der Waals surface area contributed by atoms with Crippen molar-refractivity contribution in [2.45, 2.75) is 13.0 Å². The normalized spacial score (nSPS) is 12.4. The van der Waals surface area contributed by atoms with Crippen molar-refractivity contribution in [2.24, 2.45) is 0 Å². The van der Waals surface area contributed by atoms with Crippen LogP contribution in [0.1, 0.15) is 12.7 Å². The Morgan fingerprint density at radius 2 is 2.54 bits per heavy atom. The van der Waals surface area contributed by atoms with E-state index in [2.05, 4.69) is 12.3 Å². The van der Waals surface area contributed by atoms with Gasteiger partial charge in [0.25, 0.3) is 0 Å². The molecule has 1 rings (SSSR count). The second kappa shape index (κ2) is 5.07. The molecule has 1 unspecified atom stereocenters. The van der Waals surface area contributed by atoms with Gasteiger partial charge in [0.05, 0.1) is 6.26 Å². The summed E-state index contributed by atoms with van der Waals surface area (Å²) in [6, 6.07) is 3.72. The summed E-state index contributed by atoms with van der Waals surface area (Å²) in [5.41, 5.74) is 2.54. The van der Waals surface area contributed by atoms with Crippen LogP contribution >= 0.6 is 0 Å².